The van der Waals surface area contributed by atoms with E-state index < -0.39 is 28.3 Å². The first-order chi connectivity index (χ1) is 11.9. The van der Waals surface area contributed by atoms with Crippen LogP contribution >= 0.6 is 11.6 Å². The molecule has 0 unspecified atom stereocenters. The molecular weight excluding hydrogens is 370 g/mol. The molecule has 2 saturated heterocycles. The Kier molecular flexibility index (Phi) is 5.65. The monoisotopic (exact) mass is 389 g/mol. The highest BCUT2D eigenvalue weighted by molar-refractivity contribution is 7.89. The van der Waals surface area contributed by atoms with Gasteiger partial charge in [-0.05, 0) is 31.0 Å². The van der Waals surface area contributed by atoms with E-state index in [9.17, 15) is 13.2 Å². The van der Waals surface area contributed by atoms with Crippen molar-refractivity contribution in [2.75, 3.05) is 26.9 Å². The van der Waals surface area contributed by atoms with Crippen LogP contribution < -0.4 is 0 Å². The Hall–Kier alpha value is -1.19. The first kappa shape index (κ1) is 18.6. The number of piperidine rings is 1. The Labute approximate surface area is 151 Å². The van der Waals surface area contributed by atoms with Gasteiger partial charge in [-0.15, -0.1) is 0 Å². The zero-order valence-corrected chi connectivity index (χ0v) is 15.4. The minimum absolute atomic E-state index is 0.0604. The molecule has 0 saturated carbocycles. The van der Waals surface area contributed by atoms with E-state index in [4.69, 9.17) is 21.1 Å². The van der Waals surface area contributed by atoms with Gasteiger partial charge in [-0.1, -0.05) is 18.0 Å². The number of hydrogen-bond acceptors (Lipinski definition) is 6. The summed E-state index contributed by atoms with van der Waals surface area (Å²) in [5.41, 5.74) is 0.132. The van der Waals surface area contributed by atoms with Crippen molar-refractivity contribution in [1.29, 1.82) is 0 Å². The number of hydrogen-bond donors (Lipinski definition) is 0. The van der Waals surface area contributed by atoms with Crippen molar-refractivity contribution >= 4 is 27.6 Å². The molecule has 0 bridgehead atoms. The number of benzene rings is 1. The number of ether oxygens (including phenoxy) is 3. The lowest BCUT2D eigenvalue weighted by molar-refractivity contribution is -0.0913. The maximum Gasteiger partial charge on any atom is 0.337 e. The number of sulfonamides is 1. The lowest BCUT2D eigenvalue weighted by Gasteiger charge is -2.37. The highest BCUT2D eigenvalue weighted by Crippen LogP contribution is 2.33. The summed E-state index contributed by atoms with van der Waals surface area (Å²) in [5.74, 6) is -0.620. The Balaban J connectivity index is 1.97. The van der Waals surface area contributed by atoms with Gasteiger partial charge in [0, 0.05) is 6.54 Å². The summed E-state index contributed by atoms with van der Waals surface area (Å²) in [6.45, 7) is 1.26. The zero-order valence-electron chi connectivity index (χ0n) is 13.8. The Morgan fingerprint density at radius 1 is 1.28 bits per heavy atom. The van der Waals surface area contributed by atoms with Crippen LogP contribution in [0.15, 0.2) is 23.1 Å². The predicted octanol–water partition coefficient (Wildman–Crippen LogP) is 2.04. The number of halogens is 1. The fourth-order valence-corrected chi connectivity index (χ4v) is 5.36. The minimum Gasteiger partial charge on any atom is -0.465 e. The third-order valence-corrected chi connectivity index (χ3v) is 6.81. The summed E-state index contributed by atoms with van der Waals surface area (Å²) < 4.78 is 43.5. The number of carbonyl (C=O) groups excluding carboxylic acids is 1. The topological polar surface area (TPSA) is 82.1 Å². The molecule has 0 aliphatic carbocycles. The molecule has 2 fully saturated rings. The molecule has 0 spiro atoms. The van der Waals surface area contributed by atoms with Crippen LogP contribution in [0, 0.1) is 0 Å². The molecule has 1 atom stereocenters. The van der Waals surface area contributed by atoms with E-state index in [1.165, 1.54) is 29.6 Å². The first-order valence-electron chi connectivity index (χ1n) is 8.08. The van der Waals surface area contributed by atoms with E-state index in [0.29, 0.717) is 26.2 Å². The fraction of sp³-hybridized carbons (Fsp3) is 0.562. The molecule has 138 valence electrons. The van der Waals surface area contributed by atoms with Crippen molar-refractivity contribution < 1.29 is 27.4 Å². The van der Waals surface area contributed by atoms with Gasteiger partial charge in [-0.2, -0.15) is 4.31 Å². The highest BCUT2D eigenvalue weighted by atomic mass is 35.5. The molecule has 25 heavy (non-hydrogen) atoms. The van der Waals surface area contributed by atoms with Crippen LogP contribution in [0.4, 0.5) is 0 Å². The summed E-state index contributed by atoms with van der Waals surface area (Å²) in [6.07, 6.45) is 1.72. The lowest BCUT2D eigenvalue weighted by atomic mass is 10.0. The number of rotatable bonds is 4. The van der Waals surface area contributed by atoms with E-state index in [0.717, 1.165) is 12.8 Å². The van der Waals surface area contributed by atoms with E-state index in [1.807, 2.05) is 0 Å². The first-order valence-corrected chi connectivity index (χ1v) is 9.90. The number of methoxy groups -OCH3 is 1. The van der Waals surface area contributed by atoms with Crippen LogP contribution in [0.1, 0.15) is 29.6 Å². The highest BCUT2D eigenvalue weighted by Gasteiger charge is 2.41. The SMILES string of the molecule is COC(=O)c1ccc(Cl)c(S(=O)(=O)N2CCCC[C@H]2C2OCCO2)c1. The second-order valence-electron chi connectivity index (χ2n) is 5.93. The molecule has 7 nitrogen and oxygen atoms in total. The average molecular weight is 390 g/mol. The number of nitrogens with zero attached hydrogens (tertiary/aromatic N) is 1. The summed E-state index contributed by atoms with van der Waals surface area (Å²) in [5, 5.41) is 0.0604. The predicted molar refractivity (Wildman–Crippen MR) is 90.0 cm³/mol. The zero-order chi connectivity index (χ0) is 18.0. The van der Waals surface area contributed by atoms with Crippen molar-refractivity contribution in [1.82, 2.24) is 4.31 Å². The van der Waals surface area contributed by atoms with Gasteiger partial charge in [-0.25, -0.2) is 13.2 Å². The molecule has 2 heterocycles. The van der Waals surface area contributed by atoms with Gasteiger partial charge >= 0.3 is 5.97 Å². The summed E-state index contributed by atoms with van der Waals surface area (Å²) in [4.78, 5) is 11.6. The lowest BCUT2D eigenvalue weighted by Crippen LogP contribution is -2.50. The second kappa shape index (κ2) is 7.59. The van der Waals surface area contributed by atoms with Crippen LogP contribution in [0.2, 0.25) is 5.02 Å². The standard InChI is InChI=1S/C16H20ClNO6S/c1-22-15(19)11-5-6-12(17)14(10-11)25(20,21)18-7-3-2-4-13(18)16-23-8-9-24-16/h5-6,10,13,16H,2-4,7-9H2,1H3/t13-/m0/s1. The Morgan fingerprint density at radius 3 is 2.68 bits per heavy atom. The number of carbonyl (C=O) groups is 1. The Bertz CT molecular complexity index is 747. The van der Waals surface area contributed by atoms with E-state index in [-0.39, 0.29) is 15.5 Å². The van der Waals surface area contributed by atoms with E-state index >= 15 is 0 Å². The van der Waals surface area contributed by atoms with Crippen LogP contribution in [0.5, 0.6) is 0 Å². The van der Waals surface area contributed by atoms with Gasteiger partial charge < -0.3 is 14.2 Å². The third-order valence-electron chi connectivity index (χ3n) is 4.40. The van der Waals surface area contributed by atoms with Crippen molar-refractivity contribution in [2.24, 2.45) is 0 Å². The maximum absolute atomic E-state index is 13.2. The molecule has 3 rings (SSSR count). The van der Waals surface area contributed by atoms with E-state index in [1.54, 1.807) is 0 Å². The van der Waals surface area contributed by atoms with Gasteiger partial charge in [-0.3, -0.25) is 0 Å². The number of esters is 1. The normalized spacial score (nSPS) is 22.9. The summed E-state index contributed by atoms with van der Waals surface area (Å²) in [7, 11) is -2.67. The molecule has 0 N–H and O–H groups in total. The molecule has 1 aromatic carbocycles. The summed E-state index contributed by atoms with van der Waals surface area (Å²) in [6, 6.07) is 3.68. The maximum atomic E-state index is 13.2. The van der Waals surface area contributed by atoms with Crippen molar-refractivity contribution in [3.63, 3.8) is 0 Å². The molecule has 0 radical (unpaired) electrons. The Morgan fingerprint density at radius 2 is 2.00 bits per heavy atom. The fourth-order valence-electron chi connectivity index (χ4n) is 3.17. The minimum atomic E-state index is -3.91. The van der Waals surface area contributed by atoms with Crippen LogP contribution in [-0.2, 0) is 24.2 Å². The van der Waals surface area contributed by atoms with E-state index in [2.05, 4.69) is 4.74 Å². The largest absolute Gasteiger partial charge is 0.465 e. The van der Waals surface area contributed by atoms with Gasteiger partial charge in [0.15, 0.2) is 6.29 Å². The third kappa shape index (κ3) is 3.68. The second-order valence-corrected chi connectivity index (χ2v) is 8.19. The molecule has 0 aromatic heterocycles. The van der Waals surface area contributed by atoms with Crippen molar-refractivity contribution in [3.05, 3.63) is 28.8 Å². The molecule has 9 heteroatoms. The smallest absolute Gasteiger partial charge is 0.337 e. The molecular formula is C16H20ClNO6S. The summed E-state index contributed by atoms with van der Waals surface area (Å²) >= 11 is 6.13. The van der Waals surface area contributed by atoms with Gasteiger partial charge in [0.25, 0.3) is 0 Å². The molecule has 2 aliphatic rings. The molecule has 1 aromatic rings. The van der Waals surface area contributed by atoms with Gasteiger partial charge in [0.2, 0.25) is 10.0 Å². The van der Waals surface area contributed by atoms with Gasteiger partial charge in [0.1, 0.15) is 4.90 Å². The quantitative estimate of drug-likeness (QED) is 0.733. The molecule has 2 aliphatic heterocycles. The van der Waals surface area contributed by atoms with Crippen molar-refractivity contribution in [2.45, 2.75) is 36.5 Å². The van der Waals surface area contributed by atoms with Crippen LogP contribution in [0.3, 0.4) is 0 Å². The van der Waals surface area contributed by atoms with Crippen molar-refractivity contribution in [3.8, 4) is 0 Å². The van der Waals surface area contributed by atoms with Crippen LogP contribution in [-0.4, -0.2) is 57.9 Å². The average Bonchev–Trinajstić information content (AvgIpc) is 3.16. The van der Waals surface area contributed by atoms with Crippen LogP contribution in [0.25, 0.3) is 0 Å². The van der Waals surface area contributed by atoms with Gasteiger partial charge in [0.05, 0.1) is 37.0 Å². The molecule has 0 amide bonds.